The Balaban J connectivity index is 3.96. The zero-order chi connectivity index (χ0) is 16.5. The first-order valence-corrected chi connectivity index (χ1v) is 9.50. The summed E-state index contributed by atoms with van der Waals surface area (Å²) >= 11 is 0. The lowest BCUT2D eigenvalue weighted by atomic mass is 10.1. The molecule has 0 spiro atoms. The van der Waals surface area contributed by atoms with E-state index in [2.05, 4.69) is 11.6 Å². The molecule has 0 bridgehead atoms. The summed E-state index contributed by atoms with van der Waals surface area (Å²) in [6.07, 6.45) is 2.48. The third-order valence-corrected chi connectivity index (χ3v) is 7.40. The van der Waals surface area contributed by atoms with Gasteiger partial charge in [0.05, 0.1) is 0 Å². The SMILES string of the molecule is C=C(C)c1cccc(C(N=C=O)(S(C)(=O)=O)S(C)(=O)=O)c1. The van der Waals surface area contributed by atoms with Crippen LogP contribution in [0, 0.1) is 0 Å². The van der Waals surface area contributed by atoms with E-state index < -0.39 is 23.9 Å². The maximum Gasteiger partial charge on any atom is 0.296 e. The summed E-state index contributed by atoms with van der Waals surface area (Å²) in [5.74, 6) is 0. The van der Waals surface area contributed by atoms with Crippen LogP contribution in [-0.2, 0) is 28.7 Å². The highest BCUT2D eigenvalue weighted by molar-refractivity contribution is 8.09. The molecule has 21 heavy (non-hydrogen) atoms. The van der Waals surface area contributed by atoms with Gasteiger partial charge < -0.3 is 0 Å². The molecule has 0 aromatic heterocycles. The number of aliphatic imine (C=N–C) groups is 1. The lowest BCUT2D eigenvalue weighted by molar-refractivity contribution is 0.540. The van der Waals surface area contributed by atoms with Gasteiger partial charge in [-0.1, -0.05) is 30.4 Å². The van der Waals surface area contributed by atoms with Crippen molar-refractivity contribution < 1.29 is 21.6 Å². The minimum absolute atomic E-state index is 0.142. The Kier molecular flexibility index (Phi) is 4.57. The molecule has 0 saturated heterocycles. The second-order valence-corrected chi connectivity index (χ2v) is 9.22. The summed E-state index contributed by atoms with van der Waals surface area (Å²) in [6.45, 7) is 5.40. The number of hydrogen-bond acceptors (Lipinski definition) is 6. The van der Waals surface area contributed by atoms with Crippen LogP contribution in [0.2, 0.25) is 0 Å². The second-order valence-electron chi connectivity index (χ2n) is 4.69. The number of allylic oxidation sites excluding steroid dienone is 1. The third kappa shape index (κ3) is 2.97. The zero-order valence-corrected chi connectivity index (χ0v) is 13.5. The van der Waals surface area contributed by atoms with Crippen molar-refractivity contribution >= 4 is 31.3 Å². The monoisotopic (exact) mass is 329 g/mol. The first-order valence-electron chi connectivity index (χ1n) is 5.72. The van der Waals surface area contributed by atoms with Gasteiger partial charge in [-0.2, -0.15) is 4.99 Å². The van der Waals surface area contributed by atoms with Crippen LogP contribution in [-0.4, -0.2) is 35.4 Å². The molecule has 1 aromatic rings. The van der Waals surface area contributed by atoms with Crippen LogP contribution in [0.4, 0.5) is 0 Å². The fourth-order valence-electron chi connectivity index (χ4n) is 1.97. The number of benzene rings is 1. The second kappa shape index (κ2) is 5.55. The lowest BCUT2D eigenvalue weighted by Crippen LogP contribution is -2.40. The normalized spacial score (nSPS) is 12.5. The minimum Gasteiger partial charge on any atom is -0.225 e. The number of nitrogens with zero attached hydrogens (tertiary/aromatic N) is 1. The third-order valence-electron chi connectivity index (χ3n) is 2.92. The van der Waals surface area contributed by atoms with Gasteiger partial charge >= 0.3 is 0 Å². The van der Waals surface area contributed by atoms with Crippen molar-refractivity contribution in [3.8, 4) is 0 Å². The zero-order valence-electron chi connectivity index (χ0n) is 11.8. The molecule has 6 nitrogen and oxygen atoms in total. The maximum absolute atomic E-state index is 12.1. The van der Waals surface area contributed by atoms with E-state index >= 15 is 0 Å². The average molecular weight is 329 g/mol. The minimum atomic E-state index is -4.29. The van der Waals surface area contributed by atoms with Gasteiger partial charge in [0.2, 0.25) is 6.08 Å². The van der Waals surface area contributed by atoms with Gasteiger partial charge in [-0.25, -0.2) is 21.6 Å². The highest BCUT2D eigenvalue weighted by Gasteiger charge is 2.53. The van der Waals surface area contributed by atoms with E-state index in [4.69, 9.17) is 0 Å². The molecule has 0 aliphatic carbocycles. The molecule has 0 saturated carbocycles. The van der Waals surface area contributed by atoms with Crippen molar-refractivity contribution in [3.63, 3.8) is 0 Å². The van der Waals surface area contributed by atoms with Gasteiger partial charge in [0.25, 0.3) is 4.20 Å². The van der Waals surface area contributed by atoms with Crippen LogP contribution >= 0.6 is 0 Å². The molecule has 8 heteroatoms. The van der Waals surface area contributed by atoms with Gasteiger partial charge in [0.1, 0.15) is 0 Å². The molecule has 114 valence electrons. The number of hydrogen-bond donors (Lipinski definition) is 0. The Morgan fingerprint density at radius 1 is 1.19 bits per heavy atom. The van der Waals surface area contributed by atoms with E-state index in [9.17, 15) is 21.6 Å². The number of carbonyl (C=O) groups excluding carboxylic acids is 1. The molecular weight excluding hydrogens is 314 g/mol. The lowest BCUT2D eigenvalue weighted by Gasteiger charge is -2.25. The molecule has 0 fully saturated rings. The first-order chi connectivity index (χ1) is 9.47. The van der Waals surface area contributed by atoms with E-state index in [1.807, 2.05) is 0 Å². The smallest absolute Gasteiger partial charge is 0.225 e. The fourth-order valence-corrected chi connectivity index (χ4v) is 5.69. The van der Waals surface area contributed by atoms with Crippen LogP contribution in [0.25, 0.3) is 5.57 Å². The molecule has 0 heterocycles. The van der Waals surface area contributed by atoms with E-state index in [0.717, 1.165) is 6.08 Å². The fraction of sp³-hybridized carbons (Fsp3) is 0.308. The first kappa shape index (κ1) is 17.3. The molecule has 0 amide bonds. The summed E-state index contributed by atoms with van der Waals surface area (Å²) in [7, 11) is -8.58. The molecule has 0 radical (unpaired) electrons. The Morgan fingerprint density at radius 2 is 1.71 bits per heavy atom. The average Bonchev–Trinajstić information content (AvgIpc) is 2.32. The number of isocyanates is 1. The van der Waals surface area contributed by atoms with Crippen LogP contribution in [0.1, 0.15) is 18.1 Å². The number of rotatable bonds is 5. The topological polar surface area (TPSA) is 97.7 Å². The van der Waals surface area contributed by atoms with Crippen molar-refractivity contribution in [2.45, 2.75) is 11.1 Å². The number of sulfone groups is 2. The van der Waals surface area contributed by atoms with Gasteiger partial charge in [-0.05, 0) is 18.6 Å². The van der Waals surface area contributed by atoms with Gasteiger partial charge in [-0.15, -0.1) is 0 Å². The van der Waals surface area contributed by atoms with E-state index in [-0.39, 0.29) is 5.56 Å². The van der Waals surface area contributed by atoms with Crippen LogP contribution < -0.4 is 0 Å². The Labute approximate surface area is 124 Å². The molecule has 0 N–H and O–H groups in total. The summed E-state index contributed by atoms with van der Waals surface area (Å²) in [4.78, 5) is 13.8. The summed E-state index contributed by atoms with van der Waals surface area (Å²) in [5, 5.41) is 0. The van der Waals surface area contributed by atoms with Crippen molar-refractivity contribution in [1.82, 2.24) is 0 Å². The summed E-state index contributed by atoms with van der Waals surface area (Å²) in [5.41, 5.74) is 1.02. The van der Waals surface area contributed by atoms with E-state index in [1.54, 1.807) is 13.0 Å². The van der Waals surface area contributed by atoms with Crippen molar-refractivity contribution in [3.05, 3.63) is 42.0 Å². The van der Waals surface area contributed by atoms with Crippen LogP contribution in [0.3, 0.4) is 0 Å². The molecule has 1 rings (SSSR count). The molecule has 0 aliphatic rings. The summed E-state index contributed by atoms with van der Waals surface area (Å²) < 4.78 is 45.7. The maximum atomic E-state index is 12.1. The van der Waals surface area contributed by atoms with Crippen LogP contribution in [0.5, 0.6) is 0 Å². The standard InChI is InChI=1S/C13H15NO5S2/c1-10(2)11-6-5-7-12(8-11)13(14-9-15,20(3,16)17)21(4,18)19/h5-8H,1H2,2-4H3. The van der Waals surface area contributed by atoms with Crippen molar-refractivity contribution in [2.75, 3.05) is 12.5 Å². The Morgan fingerprint density at radius 3 is 2.10 bits per heavy atom. The highest BCUT2D eigenvalue weighted by atomic mass is 32.3. The van der Waals surface area contributed by atoms with Crippen molar-refractivity contribution in [2.24, 2.45) is 4.99 Å². The Hall–Kier alpha value is -1.76. The largest absolute Gasteiger partial charge is 0.296 e. The highest BCUT2D eigenvalue weighted by Crippen LogP contribution is 2.37. The predicted octanol–water partition coefficient (Wildman–Crippen LogP) is 1.25. The van der Waals surface area contributed by atoms with Gasteiger partial charge in [0.15, 0.2) is 19.7 Å². The van der Waals surface area contributed by atoms with Gasteiger partial charge in [0, 0.05) is 18.1 Å². The van der Waals surface area contributed by atoms with E-state index in [0.29, 0.717) is 23.6 Å². The molecule has 0 aliphatic heterocycles. The van der Waals surface area contributed by atoms with Gasteiger partial charge in [-0.3, -0.25) is 0 Å². The Bertz CT molecular complexity index is 799. The molecule has 0 atom stereocenters. The van der Waals surface area contributed by atoms with E-state index in [1.165, 1.54) is 18.2 Å². The van der Waals surface area contributed by atoms with Crippen molar-refractivity contribution in [1.29, 1.82) is 0 Å². The molecule has 1 aromatic carbocycles. The quantitative estimate of drug-likeness (QED) is 0.598. The predicted molar refractivity (Wildman–Crippen MR) is 80.6 cm³/mol. The summed E-state index contributed by atoms with van der Waals surface area (Å²) in [6, 6.07) is 5.75. The van der Waals surface area contributed by atoms with Crippen LogP contribution in [0.15, 0.2) is 35.8 Å². The molecule has 0 unspecified atom stereocenters. The molecular formula is C13H15NO5S2.